The average molecular weight is 233 g/mol. The van der Waals surface area contributed by atoms with E-state index < -0.39 is 0 Å². The molecule has 4 N–H and O–H groups in total. The van der Waals surface area contributed by atoms with Gasteiger partial charge in [0.1, 0.15) is 6.04 Å². The summed E-state index contributed by atoms with van der Waals surface area (Å²) in [6.07, 6.45) is 0.879. The molecule has 1 atom stereocenters. The Balaban J connectivity index is 2.23. The van der Waals surface area contributed by atoms with Gasteiger partial charge in [-0.1, -0.05) is 17.7 Å². The summed E-state index contributed by atoms with van der Waals surface area (Å²) in [5, 5.41) is 6.19. The van der Waals surface area contributed by atoms with E-state index in [1.807, 2.05) is 13.8 Å². The van der Waals surface area contributed by atoms with Gasteiger partial charge in [0.15, 0.2) is 0 Å². The van der Waals surface area contributed by atoms with Crippen LogP contribution in [0.2, 0.25) is 0 Å². The van der Waals surface area contributed by atoms with Crippen molar-refractivity contribution in [2.75, 3.05) is 18.4 Å². The molecule has 0 radical (unpaired) electrons. The van der Waals surface area contributed by atoms with Crippen LogP contribution in [-0.4, -0.2) is 19.0 Å². The fraction of sp³-hybridized carbons (Fsp3) is 0.462. The van der Waals surface area contributed by atoms with E-state index in [0.29, 0.717) is 6.54 Å². The molecule has 0 bridgehead atoms. The van der Waals surface area contributed by atoms with Crippen LogP contribution in [0.1, 0.15) is 29.2 Å². The molecule has 0 fully saturated rings. The van der Waals surface area contributed by atoms with Crippen molar-refractivity contribution < 1.29 is 4.79 Å². The van der Waals surface area contributed by atoms with Crippen LogP contribution >= 0.6 is 0 Å². The van der Waals surface area contributed by atoms with Gasteiger partial charge in [-0.15, -0.1) is 0 Å². The Bertz CT molecular complexity index is 443. The van der Waals surface area contributed by atoms with Crippen LogP contribution in [-0.2, 0) is 4.79 Å². The zero-order valence-electron chi connectivity index (χ0n) is 10.3. The van der Waals surface area contributed by atoms with E-state index in [4.69, 9.17) is 5.73 Å². The molecular weight excluding hydrogens is 214 g/mol. The van der Waals surface area contributed by atoms with Crippen molar-refractivity contribution in [3.8, 4) is 0 Å². The van der Waals surface area contributed by atoms with E-state index in [1.54, 1.807) is 0 Å². The molecule has 4 nitrogen and oxygen atoms in total. The lowest BCUT2D eigenvalue weighted by molar-refractivity contribution is -0.117. The van der Waals surface area contributed by atoms with Gasteiger partial charge in [0.25, 0.3) is 0 Å². The number of carbonyl (C=O) groups is 1. The molecule has 1 aliphatic heterocycles. The molecule has 0 saturated carbocycles. The van der Waals surface area contributed by atoms with Gasteiger partial charge in [-0.2, -0.15) is 0 Å². The van der Waals surface area contributed by atoms with Crippen LogP contribution in [0.4, 0.5) is 5.69 Å². The molecule has 2 rings (SSSR count). The van der Waals surface area contributed by atoms with E-state index in [2.05, 4.69) is 22.8 Å². The highest BCUT2D eigenvalue weighted by Gasteiger charge is 2.30. The Morgan fingerprint density at radius 3 is 2.88 bits per heavy atom. The fourth-order valence-electron chi connectivity index (χ4n) is 2.29. The summed E-state index contributed by atoms with van der Waals surface area (Å²) in [5.74, 6) is 0.0331. The quantitative estimate of drug-likeness (QED) is 0.685. The van der Waals surface area contributed by atoms with Crippen molar-refractivity contribution in [3.05, 3.63) is 28.8 Å². The first-order chi connectivity index (χ1) is 8.13. The van der Waals surface area contributed by atoms with Crippen LogP contribution < -0.4 is 16.4 Å². The van der Waals surface area contributed by atoms with Crippen molar-refractivity contribution in [1.29, 1.82) is 0 Å². The topological polar surface area (TPSA) is 67.1 Å². The Hall–Kier alpha value is -1.39. The van der Waals surface area contributed by atoms with Gasteiger partial charge < -0.3 is 16.4 Å². The molecular formula is C13H19N3O. The van der Waals surface area contributed by atoms with Gasteiger partial charge in [-0.25, -0.2) is 0 Å². The van der Waals surface area contributed by atoms with Crippen molar-refractivity contribution in [3.63, 3.8) is 0 Å². The Kier molecular flexibility index (Phi) is 3.45. The first-order valence-corrected chi connectivity index (χ1v) is 5.99. The van der Waals surface area contributed by atoms with E-state index in [0.717, 1.165) is 29.8 Å². The van der Waals surface area contributed by atoms with Gasteiger partial charge >= 0.3 is 0 Å². The van der Waals surface area contributed by atoms with Gasteiger partial charge in [-0.05, 0) is 38.9 Å². The number of fused-ring (bicyclic) bond motifs is 1. The second-order valence-electron chi connectivity index (χ2n) is 4.56. The molecule has 1 aromatic carbocycles. The van der Waals surface area contributed by atoms with E-state index in [1.165, 1.54) is 5.56 Å². The lowest BCUT2D eigenvalue weighted by Crippen LogP contribution is -2.29. The molecule has 1 aliphatic rings. The minimum absolute atomic E-state index is 0.0331. The standard InChI is InChI=1S/C13H19N3O/c1-8-6-9(2)11-10(7-8)12(13(17)16-11)15-5-3-4-14/h6-7,12,15H,3-5,14H2,1-2H3,(H,16,17). The predicted molar refractivity (Wildman–Crippen MR) is 69.0 cm³/mol. The minimum atomic E-state index is -0.227. The number of nitrogens with one attached hydrogen (secondary N) is 2. The average Bonchev–Trinajstić information content (AvgIpc) is 2.57. The number of hydrogen-bond donors (Lipinski definition) is 3. The maximum Gasteiger partial charge on any atom is 0.246 e. The highest BCUT2D eigenvalue weighted by Crippen LogP contribution is 2.34. The summed E-state index contributed by atoms with van der Waals surface area (Å²) in [6.45, 7) is 5.48. The Morgan fingerprint density at radius 2 is 2.18 bits per heavy atom. The third kappa shape index (κ3) is 2.33. The fourth-order valence-corrected chi connectivity index (χ4v) is 2.29. The second-order valence-corrected chi connectivity index (χ2v) is 4.56. The highest BCUT2D eigenvalue weighted by molar-refractivity contribution is 6.03. The summed E-state index contributed by atoms with van der Waals surface area (Å²) >= 11 is 0. The summed E-state index contributed by atoms with van der Waals surface area (Å²) in [5.41, 5.74) is 9.78. The molecule has 1 aromatic rings. The normalized spacial score (nSPS) is 18.1. The van der Waals surface area contributed by atoms with Gasteiger partial charge in [0.05, 0.1) is 0 Å². The number of rotatable bonds is 4. The second kappa shape index (κ2) is 4.85. The number of amides is 1. The lowest BCUT2D eigenvalue weighted by atomic mass is 10.0. The summed E-state index contributed by atoms with van der Waals surface area (Å²) < 4.78 is 0. The first kappa shape index (κ1) is 12.1. The van der Waals surface area contributed by atoms with Crippen LogP contribution in [0.15, 0.2) is 12.1 Å². The zero-order valence-corrected chi connectivity index (χ0v) is 10.3. The number of benzene rings is 1. The number of carbonyl (C=O) groups excluding carboxylic acids is 1. The Morgan fingerprint density at radius 1 is 1.41 bits per heavy atom. The number of anilines is 1. The maximum absolute atomic E-state index is 11.9. The molecule has 0 aromatic heterocycles. The van der Waals surface area contributed by atoms with E-state index in [9.17, 15) is 4.79 Å². The maximum atomic E-state index is 11.9. The van der Waals surface area contributed by atoms with Crippen LogP contribution in [0.25, 0.3) is 0 Å². The van der Waals surface area contributed by atoms with Crippen LogP contribution in [0.5, 0.6) is 0 Å². The summed E-state index contributed by atoms with van der Waals surface area (Å²) in [6, 6.07) is 3.93. The van der Waals surface area contributed by atoms with Crippen LogP contribution in [0, 0.1) is 13.8 Å². The van der Waals surface area contributed by atoms with E-state index >= 15 is 0 Å². The molecule has 1 unspecified atom stereocenters. The van der Waals surface area contributed by atoms with Crippen LogP contribution in [0.3, 0.4) is 0 Å². The SMILES string of the molecule is Cc1cc(C)c2c(c1)C(NCCCN)C(=O)N2. The molecule has 4 heteroatoms. The van der Waals surface area contributed by atoms with Gasteiger partial charge in [0, 0.05) is 11.3 Å². The monoisotopic (exact) mass is 233 g/mol. The predicted octanol–water partition coefficient (Wildman–Crippen LogP) is 1.24. The molecule has 0 aliphatic carbocycles. The zero-order chi connectivity index (χ0) is 12.4. The largest absolute Gasteiger partial charge is 0.330 e. The third-order valence-corrected chi connectivity index (χ3v) is 3.06. The van der Waals surface area contributed by atoms with Crippen molar-refractivity contribution >= 4 is 11.6 Å². The molecule has 0 spiro atoms. The lowest BCUT2D eigenvalue weighted by Gasteiger charge is -2.12. The first-order valence-electron chi connectivity index (χ1n) is 5.99. The number of aryl methyl sites for hydroxylation is 2. The molecule has 92 valence electrons. The van der Waals surface area contributed by atoms with Gasteiger partial charge in [0.2, 0.25) is 5.91 Å². The Labute approximate surface area is 102 Å². The number of hydrogen-bond acceptors (Lipinski definition) is 3. The van der Waals surface area contributed by atoms with E-state index in [-0.39, 0.29) is 11.9 Å². The molecule has 1 heterocycles. The highest BCUT2D eigenvalue weighted by atomic mass is 16.2. The third-order valence-electron chi connectivity index (χ3n) is 3.06. The minimum Gasteiger partial charge on any atom is -0.330 e. The number of nitrogens with two attached hydrogens (primary N) is 1. The van der Waals surface area contributed by atoms with Crippen molar-refractivity contribution in [2.45, 2.75) is 26.3 Å². The van der Waals surface area contributed by atoms with Crippen molar-refractivity contribution in [1.82, 2.24) is 5.32 Å². The van der Waals surface area contributed by atoms with Gasteiger partial charge in [-0.3, -0.25) is 4.79 Å². The summed E-state index contributed by atoms with van der Waals surface area (Å²) in [4.78, 5) is 11.9. The van der Waals surface area contributed by atoms with Crippen molar-refractivity contribution in [2.24, 2.45) is 5.73 Å². The molecule has 1 amide bonds. The smallest absolute Gasteiger partial charge is 0.246 e. The molecule has 17 heavy (non-hydrogen) atoms. The summed E-state index contributed by atoms with van der Waals surface area (Å²) in [7, 11) is 0. The molecule has 0 saturated heterocycles.